The molecule has 0 bridgehead atoms. The summed E-state index contributed by atoms with van der Waals surface area (Å²) in [6.07, 6.45) is 1.21. The van der Waals surface area contributed by atoms with Crippen LogP contribution in [0.2, 0.25) is 5.02 Å². The zero-order valence-electron chi connectivity index (χ0n) is 22.3. The third kappa shape index (κ3) is 8.64. The standard InChI is InChI=1S/C28H32ClN5O4S/c1-33(2)15-14-30-28(36)22-10-7-9-20(16-22)24-13-12-23(18-26(24)39(37,38)31-19-34(3)4)32-27(35)17-21-8-5-6-11-25(21)29/h5-13,16,18-19H,14-15,17H2,1-4H3,(H,30,36)(H,32,35)/b31-19+. The number of likely N-dealkylation sites (N-methyl/N-ethyl adjacent to an activating group) is 1. The molecule has 0 aliphatic rings. The summed E-state index contributed by atoms with van der Waals surface area (Å²) >= 11 is 6.17. The van der Waals surface area contributed by atoms with Gasteiger partial charge < -0.3 is 20.4 Å². The van der Waals surface area contributed by atoms with Gasteiger partial charge in [-0.15, -0.1) is 4.40 Å². The fraction of sp³-hybridized carbons (Fsp3) is 0.250. The lowest BCUT2D eigenvalue weighted by atomic mass is 10.0. The number of carbonyl (C=O) groups excluding carboxylic acids is 2. The molecule has 0 radical (unpaired) electrons. The Labute approximate surface area is 234 Å². The molecule has 0 unspecified atom stereocenters. The number of anilines is 1. The van der Waals surface area contributed by atoms with Crippen LogP contribution in [-0.2, 0) is 21.2 Å². The molecular weight excluding hydrogens is 538 g/mol. The van der Waals surface area contributed by atoms with Crippen molar-refractivity contribution in [1.29, 1.82) is 0 Å². The first-order chi connectivity index (χ1) is 18.5. The molecule has 0 atom stereocenters. The van der Waals surface area contributed by atoms with Gasteiger partial charge in [-0.05, 0) is 55.6 Å². The van der Waals surface area contributed by atoms with E-state index in [2.05, 4.69) is 15.0 Å². The van der Waals surface area contributed by atoms with Gasteiger partial charge in [0.25, 0.3) is 15.9 Å². The number of benzene rings is 3. The minimum Gasteiger partial charge on any atom is -0.368 e. The van der Waals surface area contributed by atoms with Gasteiger partial charge in [-0.3, -0.25) is 9.59 Å². The monoisotopic (exact) mass is 569 g/mol. The molecule has 2 amide bonds. The molecule has 39 heavy (non-hydrogen) atoms. The number of sulfonamides is 1. The second-order valence-corrected chi connectivity index (χ2v) is 11.3. The van der Waals surface area contributed by atoms with Crippen molar-refractivity contribution in [2.45, 2.75) is 11.3 Å². The van der Waals surface area contributed by atoms with E-state index in [9.17, 15) is 18.0 Å². The SMILES string of the molecule is CN(C)/C=N/S(=O)(=O)c1cc(NC(=O)Cc2ccccc2Cl)ccc1-c1cccc(C(=O)NCCN(C)C)c1. The maximum Gasteiger partial charge on any atom is 0.284 e. The molecule has 0 fully saturated rings. The molecule has 3 rings (SSSR count). The molecule has 0 heterocycles. The van der Waals surface area contributed by atoms with Gasteiger partial charge in [0.15, 0.2) is 0 Å². The molecule has 0 aromatic heterocycles. The van der Waals surface area contributed by atoms with Gasteiger partial charge in [0.2, 0.25) is 5.91 Å². The van der Waals surface area contributed by atoms with Crippen molar-refractivity contribution in [2.24, 2.45) is 4.40 Å². The second kappa shape index (κ2) is 13.4. The van der Waals surface area contributed by atoms with Gasteiger partial charge in [0.1, 0.15) is 6.34 Å². The Morgan fingerprint density at radius 3 is 2.41 bits per heavy atom. The van der Waals surface area contributed by atoms with Crippen molar-refractivity contribution in [3.05, 3.63) is 82.9 Å². The van der Waals surface area contributed by atoms with Crippen LogP contribution in [0, 0.1) is 0 Å². The van der Waals surface area contributed by atoms with Crippen LogP contribution in [0.1, 0.15) is 15.9 Å². The summed E-state index contributed by atoms with van der Waals surface area (Å²) in [6.45, 7) is 1.15. The van der Waals surface area contributed by atoms with Crippen LogP contribution in [0.25, 0.3) is 11.1 Å². The first-order valence-corrected chi connectivity index (χ1v) is 14.0. The van der Waals surface area contributed by atoms with Crippen LogP contribution in [0.4, 0.5) is 5.69 Å². The summed E-state index contributed by atoms with van der Waals surface area (Å²) < 4.78 is 30.4. The molecule has 2 N–H and O–H groups in total. The van der Waals surface area contributed by atoms with Gasteiger partial charge in [-0.1, -0.05) is 48.0 Å². The Kier molecular flexibility index (Phi) is 10.2. The lowest BCUT2D eigenvalue weighted by Crippen LogP contribution is -2.31. The van der Waals surface area contributed by atoms with E-state index in [1.807, 2.05) is 19.0 Å². The summed E-state index contributed by atoms with van der Waals surface area (Å²) in [5.41, 5.74) is 2.19. The van der Waals surface area contributed by atoms with Gasteiger partial charge in [-0.25, -0.2) is 0 Å². The van der Waals surface area contributed by atoms with Crippen LogP contribution in [0.15, 0.2) is 76.0 Å². The third-order valence-corrected chi connectivity index (χ3v) is 7.18. The van der Waals surface area contributed by atoms with Crippen molar-refractivity contribution in [1.82, 2.24) is 15.1 Å². The quantitative estimate of drug-likeness (QED) is 0.269. The first kappa shape index (κ1) is 29.8. The van der Waals surface area contributed by atoms with Crippen molar-refractivity contribution in [3.8, 4) is 11.1 Å². The highest BCUT2D eigenvalue weighted by Crippen LogP contribution is 2.32. The molecule has 0 saturated carbocycles. The highest BCUT2D eigenvalue weighted by Gasteiger charge is 2.21. The van der Waals surface area contributed by atoms with Crippen LogP contribution in [-0.4, -0.2) is 77.7 Å². The van der Waals surface area contributed by atoms with E-state index in [1.165, 1.54) is 17.3 Å². The molecule has 0 aliphatic heterocycles. The summed E-state index contributed by atoms with van der Waals surface area (Å²) in [5, 5.41) is 6.07. The number of amides is 2. The van der Waals surface area contributed by atoms with E-state index in [1.54, 1.807) is 74.8 Å². The van der Waals surface area contributed by atoms with Crippen LogP contribution in [0.5, 0.6) is 0 Å². The molecule has 9 nitrogen and oxygen atoms in total. The highest BCUT2D eigenvalue weighted by atomic mass is 35.5. The fourth-order valence-electron chi connectivity index (χ4n) is 3.61. The molecule has 11 heteroatoms. The summed E-state index contributed by atoms with van der Waals surface area (Å²) in [6, 6.07) is 18.3. The maximum absolute atomic E-state index is 13.3. The fourth-order valence-corrected chi connectivity index (χ4v) is 4.98. The smallest absolute Gasteiger partial charge is 0.284 e. The van der Waals surface area contributed by atoms with E-state index in [0.717, 1.165) is 0 Å². The molecular formula is C28H32ClN5O4S. The van der Waals surface area contributed by atoms with Crippen molar-refractivity contribution in [3.63, 3.8) is 0 Å². The zero-order valence-corrected chi connectivity index (χ0v) is 23.9. The third-order valence-electron chi connectivity index (χ3n) is 5.55. The number of rotatable bonds is 11. The van der Waals surface area contributed by atoms with Gasteiger partial charge in [0, 0.05) is 49.0 Å². The molecule has 3 aromatic carbocycles. The Balaban J connectivity index is 1.96. The average Bonchev–Trinajstić information content (AvgIpc) is 2.88. The Hall–Kier alpha value is -3.73. The number of hydrogen-bond donors (Lipinski definition) is 2. The Bertz CT molecular complexity index is 1470. The molecule has 3 aromatic rings. The molecule has 0 spiro atoms. The number of carbonyl (C=O) groups is 2. The molecule has 0 saturated heterocycles. The van der Waals surface area contributed by atoms with Crippen molar-refractivity contribution < 1.29 is 18.0 Å². The van der Waals surface area contributed by atoms with E-state index >= 15 is 0 Å². The van der Waals surface area contributed by atoms with Crippen molar-refractivity contribution in [2.75, 3.05) is 46.6 Å². The normalized spacial score (nSPS) is 11.5. The number of nitrogens with zero attached hydrogens (tertiary/aromatic N) is 3. The van der Waals surface area contributed by atoms with E-state index in [4.69, 9.17) is 11.6 Å². The molecule has 206 valence electrons. The minimum absolute atomic E-state index is 0.0211. The lowest BCUT2D eigenvalue weighted by molar-refractivity contribution is -0.115. The minimum atomic E-state index is -4.17. The van der Waals surface area contributed by atoms with Crippen LogP contribution >= 0.6 is 11.6 Å². The lowest BCUT2D eigenvalue weighted by Gasteiger charge is -2.14. The Morgan fingerprint density at radius 1 is 0.974 bits per heavy atom. The zero-order chi connectivity index (χ0) is 28.6. The van der Waals surface area contributed by atoms with Crippen molar-refractivity contribution >= 4 is 45.5 Å². The number of halogens is 1. The summed E-state index contributed by atoms with van der Waals surface area (Å²) in [7, 11) is 2.97. The number of nitrogens with one attached hydrogen (secondary N) is 2. The summed E-state index contributed by atoms with van der Waals surface area (Å²) in [4.78, 5) is 28.7. The molecule has 0 aliphatic carbocycles. The largest absolute Gasteiger partial charge is 0.368 e. The van der Waals surface area contributed by atoms with E-state index in [-0.39, 0.29) is 28.8 Å². The average molecular weight is 570 g/mol. The number of hydrogen-bond acceptors (Lipinski definition) is 5. The maximum atomic E-state index is 13.3. The second-order valence-electron chi connectivity index (χ2n) is 9.33. The van der Waals surface area contributed by atoms with Gasteiger partial charge in [-0.2, -0.15) is 8.42 Å². The predicted octanol–water partition coefficient (Wildman–Crippen LogP) is 3.76. The van der Waals surface area contributed by atoms with E-state index < -0.39 is 10.0 Å². The van der Waals surface area contributed by atoms with Crippen LogP contribution < -0.4 is 10.6 Å². The van der Waals surface area contributed by atoms with Crippen LogP contribution in [0.3, 0.4) is 0 Å². The highest BCUT2D eigenvalue weighted by molar-refractivity contribution is 7.90. The topological polar surface area (TPSA) is 111 Å². The first-order valence-electron chi connectivity index (χ1n) is 12.1. The summed E-state index contributed by atoms with van der Waals surface area (Å²) in [5.74, 6) is -0.621. The van der Waals surface area contributed by atoms with Gasteiger partial charge in [0.05, 0.1) is 11.3 Å². The van der Waals surface area contributed by atoms with Gasteiger partial charge >= 0.3 is 0 Å². The van der Waals surface area contributed by atoms with E-state index in [0.29, 0.717) is 40.4 Å². The predicted molar refractivity (Wildman–Crippen MR) is 156 cm³/mol. The Morgan fingerprint density at radius 2 is 1.72 bits per heavy atom.